The second-order valence-electron chi connectivity index (χ2n) is 5.07. The van der Waals surface area contributed by atoms with Gasteiger partial charge in [0.2, 0.25) is 0 Å². The Kier molecular flexibility index (Phi) is 6.68. The van der Waals surface area contributed by atoms with Gasteiger partial charge in [-0.1, -0.05) is 26.0 Å². The highest BCUT2D eigenvalue weighted by Crippen LogP contribution is 2.16. The van der Waals surface area contributed by atoms with Crippen LogP contribution in [0.2, 0.25) is 0 Å². The van der Waals surface area contributed by atoms with E-state index in [0.29, 0.717) is 11.6 Å². The van der Waals surface area contributed by atoms with E-state index in [0.717, 1.165) is 0 Å². The number of carboxylic acid groups (broad SMARTS) is 1. The molecule has 6 heteroatoms. The van der Waals surface area contributed by atoms with Crippen molar-refractivity contribution in [3.05, 3.63) is 29.8 Å². The summed E-state index contributed by atoms with van der Waals surface area (Å²) < 4.78 is 4.98. The van der Waals surface area contributed by atoms with Crippen LogP contribution >= 0.6 is 0 Å². The maximum absolute atomic E-state index is 11.7. The number of urea groups is 1. The van der Waals surface area contributed by atoms with Crippen molar-refractivity contribution in [2.24, 2.45) is 0 Å². The molecule has 116 valence electrons. The first-order chi connectivity index (χ1) is 9.92. The van der Waals surface area contributed by atoms with Gasteiger partial charge in [-0.25, -0.2) is 4.79 Å². The minimum atomic E-state index is -0.965. The van der Waals surface area contributed by atoms with E-state index in [1.165, 1.54) is 12.7 Å². The molecule has 0 aliphatic carbocycles. The average molecular weight is 294 g/mol. The van der Waals surface area contributed by atoms with E-state index in [2.05, 4.69) is 24.5 Å². The van der Waals surface area contributed by atoms with Crippen LogP contribution in [0.25, 0.3) is 0 Å². The van der Waals surface area contributed by atoms with Crippen LogP contribution in [0.3, 0.4) is 0 Å². The molecule has 1 rings (SSSR count). The Bertz CT molecular complexity index is 471. The first-order valence-electron chi connectivity index (χ1n) is 6.81. The number of aliphatic carboxylic acids is 1. The van der Waals surface area contributed by atoms with E-state index in [1.807, 2.05) is 24.3 Å². The molecule has 1 aromatic rings. The van der Waals surface area contributed by atoms with Gasteiger partial charge in [-0.15, -0.1) is 0 Å². The summed E-state index contributed by atoms with van der Waals surface area (Å²) in [5.41, 5.74) is 1.88. The number of carbonyl (C=O) groups is 2. The molecule has 0 aliphatic heterocycles. The van der Waals surface area contributed by atoms with Crippen molar-refractivity contribution in [2.45, 2.75) is 32.3 Å². The zero-order valence-electron chi connectivity index (χ0n) is 12.6. The molecular formula is C15H22N2O4. The molecule has 0 saturated carbocycles. The molecule has 0 aliphatic rings. The van der Waals surface area contributed by atoms with E-state index >= 15 is 0 Å². The number of carboxylic acids is 1. The van der Waals surface area contributed by atoms with Crippen LogP contribution in [0, 0.1) is 0 Å². The maximum atomic E-state index is 11.7. The third kappa shape index (κ3) is 6.27. The molecule has 1 unspecified atom stereocenters. The monoisotopic (exact) mass is 294 g/mol. The molecule has 0 radical (unpaired) electrons. The van der Waals surface area contributed by atoms with E-state index in [1.54, 1.807) is 0 Å². The molecule has 0 heterocycles. The summed E-state index contributed by atoms with van der Waals surface area (Å²) >= 11 is 0. The van der Waals surface area contributed by atoms with Gasteiger partial charge in [0.25, 0.3) is 0 Å². The summed E-state index contributed by atoms with van der Waals surface area (Å²) in [5, 5.41) is 14.0. The predicted molar refractivity (Wildman–Crippen MR) is 80.6 cm³/mol. The Morgan fingerprint density at radius 3 is 2.33 bits per heavy atom. The topological polar surface area (TPSA) is 87.7 Å². The number of nitrogens with one attached hydrogen (secondary N) is 2. The number of hydrogen-bond acceptors (Lipinski definition) is 3. The van der Waals surface area contributed by atoms with Crippen LogP contribution in [0.15, 0.2) is 24.3 Å². The Balaban J connectivity index is 2.44. The standard InChI is InChI=1S/C15H22N2O4/c1-10(2)11-4-6-12(7-5-11)17-15(20)16-9-13(21-3)8-14(18)19/h4-7,10,13H,8-9H2,1-3H3,(H,18,19)(H2,16,17,20). The smallest absolute Gasteiger partial charge is 0.319 e. The SMILES string of the molecule is COC(CNC(=O)Nc1ccc(C(C)C)cc1)CC(=O)O. The molecular weight excluding hydrogens is 272 g/mol. The lowest BCUT2D eigenvalue weighted by molar-refractivity contribution is -0.139. The number of hydrogen-bond donors (Lipinski definition) is 3. The molecule has 0 spiro atoms. The minimum absolute atomic E-state index is 0.138. The summed E-state index contributed by atoms with van der Waals surface area (Å²) in [6.45, 7) is 4.34. The van der Waals surface area contributed by atoms with E-state index in [-0.39, 0.29) is 19.0 Å². The molecule has 0 bridgehead atoms. The van der Waals surface area contributed by atoms with Crippen LogP contribution in [-0.4, -0.2) is 36.9 Å². The van der Waals surface area contributed by atoms with E-state index in [9.17, 15) is 9.59 Å². The van der Waals surface area contributed by atoms with Gasteiger partial charge in [-0.05, 0) is 23.6 Å². The molecule has 2 amide bonds. The second kappa shape index (κ2) is 8.26. The molecule has 0 fully saturated rings. The molecule has 0 saturated heterocycles. The van der Waals surface area contributed by atoms with Crippen molar-refractivity contribution in [1.82, 2.24) is 5.32 Å². The van der Waals surface area contributed by atoms with Crippen molar-refractivity contribution < 1.29 is 19.4 Å². The number of carbonyl (C=O) groups excluding carboxylic acids is 1. The minimum Gasteiger partial charge on any atom is -0.481 e. The van der Waals surface area contributed by atoms with Crippen LogP contribution < -0.4 is 10.6 Å². The first kappa shape index (κ1) is 17.0. The Morgan fingerprint density at radius 2 is 1.86 bits per heavy atom. The van der Waals surface area contributed by atoms with Gasteiger partial charge in [0.05, 0.1) is 12.5 Å². The normalized spacial score (nSPS) is 12.0. The zero-order chi connectivity index (χ0) is 15.8. The highest BCUT2D eigenvalue weighted by molar-refractivity contribution is 5.89. The molecule has 6 nitrogen and oxygen atoms in total. The van der Waals surface area contributed by atoms with Crippen LogP contribution in [0.1, 0.15) is 31.7 Å². The van der Waals surface area contributed by atoms with Crippen molar-refractivity contribution in [2.75, 3.05) is 19.0 Å². The van der Waals surface area contributed by atoms with Gasteiger partial charge in [-0.2, -0.15) is 0 Å². The van der Waals surface area contributed by atoms with Crippen molar-refractivity contribution >= 4 is 17.7 Å². The summed E-state index contributed by atoms with van der Waals surface area (Å²) in [5.74, 6) is -0.528. The predicted octanol–water partition coefficient (Wildman–Crippen LogP) is 2.42. The third-order valence-electron chi connectivity index (χ3n) is 3.06. The van der Waals surface area contributed by atoms with Gasteiger partial charge >= 0.3 is 12.0 Å². The van der Waals surface area contributed by atoms with Crippen LogP contribution in [-0.2, 0) is 9.53 Å². The highest BCUT2D eigenvalue weighted by Gasteiger charge is 2.13. The number of rotatable bonds is 7. The fourth-order valence-corrected chi connectivity index (χ4v) is 1.77. The van der Waals surface area contributed by atoms with Gasteiger partial charge in [0.1, 0.15) is 0 Å². The maximum Gasteiger partial charge on any atom is 0.319 e. The van der Waals surface area contributed by atoms with Crippen LogP contribution in [0.4, 0.5) is 10.5 Å². The summed E-state index contributed by atoms with van der Waals surface area (Å²) in [4.78, 5) is 22.3. The number of amides is 2. The summed E-state index contributed by atoms with van der Waals surface area (Å²) in [6.07, 6.45) is -0.698. The van der Waals surface area contributed by atoms with Crippen molar-refractivity contribution in [3.63, 3.8) is 0 Å². The van der Waals surface area contributed by atoms with Crippen molar-refractivity contribution in [3.8, 4) is 0 Å². The number of ether oxygens (including phenoxy) is 1. The number of methoxy groups -OCH3 is 1. The van der Waals surface area contributed by atoms with E-state index in [4.69, 9.17) is 9.84 Å². The van der Waals surface area contributed by atoms with Gasteiger partial charge in [0.15, 0.2) is 0 Å². The fraction of sp³-hybridized carbons (Fsp3) is 0.467. The number of benzene rings is 1. The second-order valence-corrected chi connectivity index (χ2v) is 5.07. The van der Waals surface area contributed by atoms with Crippen LogP contribution in [0.5, 0.6) is 0 Å². The molecule has 0 aromatic heterocycles. The van der Waals surface area contributed by atoms with E-state index < -0.39 is 12.1 Å². The lowest BCUT2D eigenvalue weighted by Crippen LogP contribution is -2.37. The highest BCUT2D eigenvalue weighted by atomic mass is 16.5. The molecule has 21 heavy (non-hydrogen) atoms. The van der Waals surface area contributed by atoms with Gasteiger partial charge in [0, 0.05) is 19.3 Å². The Labute approximate surface area is 124 Å². The quantitative estimate of drug-likeness (QED) is 0.720. The third-order valence-corrected chi connectivity index (χ3v) is 3.06. The Hall–Kier alpha value is -2.08. The first-order valence-corrected chi connectivity index (χ1v) is 6.81. The summed E-state index contributed by atoms with van der Waals surface area (Å²) in [7, 11) is 1.41. The van der Waals surface area contributed by atoms with Gasteiger partial charge < -0.3 is 20.5 Å². The number of anilines is 1. The van der Waals surface area contributed by atoms with Crippen molar-refractivity contribution in [1.29, 1.82) is 0 Å². The fourth-order valence-electron chi connectivity index (χ4n) is 1.77. The molecule has 1 atom stereocenters. The molecule has 1 aromatic carbocycles. The molecule has 3 N–H and O–H groups in total. The zero-order valence-corrected chi connectivity index (χ0v) is 12.6. The average Bonchev–Trinajstić information content (AvgIpc) is 2.43. The van der Waals surface area contributed by atoms with Gasteiger partial charge in [-0.3, -0.25) is 4.79 Å². The largest absolute Gasteiger partial charge is 0.481 e. The lowest BCUT2D eigenvalue weighted by atomic mass is 10.0. The Morgan fingerprint density at radius 1 is 1.24 bits per heavy atom. The summed E-state index contributed by atoms with van der Waals surface area (Å²) in [6, 6.07) is 7.20. The lowest BCUT2D eigenvalue weighted by Gasteiger charge is -2.14.